The fourth-order valence-corrected chi connectivity index (χ4v) is 2.39. The quantitative estimate of drug-likeness (QED) is 0.410. The molecule has 3 rings (SSSR count). The van der Waals surface area contributed by atoms with Crippen LogP contribution in [0.5, 0.6) is 0 Å². The summed E-state index contributed by atoms with van der Waals surface area (Å²) >= 11 is 0. The minimum absolute atomic E-state index is 0.00307. The van der Waals surface area contributed by atoms with Crippen molar-refractivity contribution >= 4 is 17.3 Å². The molecule has 0 saturated carbocycles. The predicted octanol–water partition coefficient (Wildman–Crippen LogP) is 3.45. The van der Waals surface area contributed by atoms with E-state index >= 15 is 0 Å². The third kappa shape index (κ3) is 4.24. The van der Waals surface area contributed by atoms with Gasteiger partial charge >= 0.3 is 0 Å². The number of aromatic nitrogens is 2. The van der Waals surface area contributed by atoms with E-state index in [1.807, 2.05) is 31.2 Å². The number of carbonyl (C=O) groups excluding carboxylic acids is 1. The second kappa shape index (κ2) is 7.61. The first-order valence-electron chi connectivity index (χ1n) is 8.16. The van der Waals surface area contributed by atoms with E-state index in [9.17, 15) is 14.9 Å². The number of nitrogens with zero attached hydrogens (tertiary/aromatic N) is 3. The first-order chi connectivity index (χ1) is 12.9. The van der Waals surface area contributed by atoms with Crippen LogP contribution in [-0.4, -0.2) is 26.7 Å². The number of aryl methyl sites for hydroxylation is 1. The number of nitro benzene ring substituents is 1. The molecule has 2 aromatic carbocycles. The van der Waals surface area contributed by atoms with E-state index in [1.165, 1.54) is 12.1 Å². The van der Waals surface area contributed by atoms with Crippen molar-refractivity contribution in [3.05, 3.63) is 81.5 Å². The van der Waals surface area contributed by atoms with Gasteiger partial charge in [-0.25, -0.2) is 5.43 Å². The first kappa shape index (κ1) is 18.0. The number of aromatic amines is 1. The summed E-state index contributed by atoms with van der Waals surface area (Å²) in [6.45, 7) is 3.70. The predicted molar refractivity (Wildman–Crippen MR) is 102 cm³/mol. The van der Waals surface area contributed by atoms with Crippen LogP contribution in [0.2, 0.25) is 0 Å². The van der Waals surface area contributed by atoms with E-state index in [1.54, 1.807) is 25.1 Å². The van der Waals surface area contributed by atoms with Gasteiger partial charge in [-0.3, -0.25) is 20.0 Å². The van der Waals surface area contributed by atoms with E-state index in [0.29, 0.717) is 17.0 Å². The molecule has 1 heterocycles. The molecule has 136 valence electrons. The number of hydrazone groups is 1. The molecule has 1 amide bonds. The number of hydrogen-bond donors (Lipinski definition) is 2. The summed E-state index contributed by atoms with van der Waals surface area (Å²) < 4.78 is 0. The van der Waals surface area contributed by atoms with Gasteiger partial charge in [-0.2, -0.15) is 10.2 Å². The fourth-order valence-electron chi connectivity index (χ4n) is 2.39. The van der Waals surface area contributed by atoms with Crippen LogP contribution in [-0.2, 0) is 0 Å². The number of amides is 1. The number of benzene rings is 2. The number of nitro groups is 1. The molecule has 0 saturated heterocycles. The van der Waals surface area contributed by atoms with Crippen molar-refractivity contribution < 1.29 is 9.72 Å². The Morgan fingerprint density at radius 2 is 1.81 bits per heavy atom. The van der Waals surface area contributed by atoms with Gasteiger partial charge in [0, 0.05) is 17.7 Å². The topological polar surface area (TPSA) is 113 Å². The molecule has 3 aromatic rings. The van der Waals surface area contributed by atoms with Crippen molar-refractivity contribution in [2.45, 2.75) is 13.8 Å². The maximum Gasteiger partial charge on any atom is 0.289 e. The lowest BCUT2D eigenvalue weighted by molar-refractivity contribution is -0.384. The Hall–Kier alpha value is -3.81. The Balaban J connectivity index is 1.69. The van der Waals surface area contributed by atoms with Crippen molar-refractivity contribution in [1.29, 1.82) is 0 Å². The highest BCUT2D eigenvalue weighted by atomic mass is 16.6. The molecule has 0 atom stereocenters. The summed E-state index contributed by atoms with van der Waals surface area (Å²) in [6, 6.07) is 15.4. The van der Waals surface area contributed by atoms with Gasteiger partial charge in [-0.15, -0.1) is 0 Å². The van der Waals surface area contributed by atoms with Crippen LogP contribution in [0, 0.1) is 17.0 Å². The van der Waals surface area contributed by atoms with Gasteiger partial charge in [0.1, 0.15) is 5.69 Å². The average molecular weight is 363 g/mol. The largest absolute Gasteiger partial charge is 0.289 e. The Bertz CT molecular complexity index is 1000. The van der Waals surface area contributed by atoms with Crippen LogP contribution >= 0.6 is 0 Å². The van der Waals surface area contributed by atoms with Crippen molar-refractivity contribution in [2.75, 3.05) is 0 Å². The molecular formula is C19H17N5O3. The molecule has 0 bridgehead atoms. The lowest BCUT2D eigenvalue weighted by atomic mass is 10.1. The smallest absolute Gasteiger partial charge is 0.272 e. The van der Waals surface area contributed by atoms with Crippen molar-refractivity contribution in [3.63, 3.8) is 0 Å². The molecule has 0 fully saturated rings. The Kier molecular flexibility index (Phi) is 5.07. The van der Waals surface area contributed by atoms with E-state index in [0.717, 1.165) is 11.1 Å². The van der Waals surface area contributed by atoms with Crippen LogP contribution < -0.4 is 5.43 Å². The normalized spacial score (nSPS) is 11.3. The standard InChI is InChI=1S/C19H17N5O3/c1-12-3-5-15(6-4-12)17-11-18(22-21-17)19(25)23-20-13(2)14-7-9-16(10-8-14)24(26)27/h3-11H,1-2H3,(H,21,22)(H,23,25). The lowest BCUT2D eigenvalue weighted by Crippen LogP contribution is -2.19. The summed E-state index contributed by atoms with van der Waals surface area (Å²) in [5.41, 5.74) is 6.64. The summed E-state index contributed by atoms with van der Waals surface area (Å²) in [7, 11) is 0. The van der Waals surface area contributed by atoms with E-state index in [2.05, 4.69) is 20.7 Å². The molecule has 0 spiro atoms. The van der Waals surface area contributed by atoms with Gasteiger partial charge in [0.05, 0.1) is 16.3 Å². The van der Waals surface area contributed by atoms with Crippen LogP contribution in [0.3, 0.4) is 0 Å². The number of rotatable bonds is 5. The van der Waals surface area contributed by atoms with Gasteiger partial charge in [0.15, 0.2) is 0 Å². The van der Waals surface area contributed by atoms with E-state index < -0.39 is 10.8 Å². The van der Waals surface area contributed by atoms with Gasteiger partial charge in [0.25, 0.3) is 11.6 Å². The van der Waals surface area contributed by atoms with Crippen LogP contribution in [0.4, 0.5) is 5.69 Å². The molecule has 8 nitrogen and oxygen atoms in total. The minimum Gasteiger partial charge on any atom is -0.272 e. The third-order valence-electron chi connectivity index (χ3n) is 3.99. The molecule has 1 aromatic heterocycles. The van der Waals surface area contributed by atoms with E-state index in [4.69, 9.17) is 0 Å². The van der Waals surface area contributed by atoms with Gasteiger partial charge in [-0.05, 0) is 37.6 Å². The molecule has 0 aliphatic heterocycles. The first-order valence-corrected chi connectivity index (χ1v) is 8.16. The summed E-state index contributed by atoms with van der Waals surface area (Å²) in [4.78, 5) is 22.5. The number of nitrogens with one attached hydrogen (secondary N) is 2. The highest BCUT2D eigenvalue weighted by molar-refractivity contribution is 6.00. The zero-order valence-electron chi connectivity index (χ0n) is 14.8. The maximum absolute atomic E-state index is 12.2. The lowest BCUT2D eigenvalue weighted by Gasteiger charge is -2.01. The molecule has 0 unspecified atom stereocenters. The SMILES string of the molecule is CC(=NNC(=O)c1cc(-c2ccc(C)cc2)n[nH]1)c1ccc([N+](=O)[O-])cc1. The van der Waals surface area contributed by atoms with Crippen LogP contribution in [0.1, 0.15) is 28.5 Å². The molecule has 2 N–H and O–H groups in total. The average Bonchev–Trinajstić information content (AvgIpc) is 3.16. The molecular weight excluding hydrogens is 346 g/mol. The maximum atomic E-state index is 12.2. The highest BCUT2D eigenvalue weighted by Crippen LogP contribution is 2.18. The van der Waals surface area contributed by atoms with Crippen LogP contribution in [0.25, 0.3) is 11.3 Å². The third-order valence-corrected chi connectivity index (χ3v) is 3.99. The van der Waals surface area contributed by atoms with Crippen molar-refractivity contribution in [3.8, 4) is 11.3 Å². The number of carbonyl (C=O) groups is 1. The second-order valence-electron chi connectivity index (χ2n) is 5.98. The number of non-ortho nitro benzene ring substituents is 1. The van der Waals surface area contributed by atoms with Crippen LogP contribution in [0.15, 0.2) is 59.7 Å². The Labute approximate surface area is 155 Å². The highest BCUT2D eigenvalue weighted by Gasteiger charge is 2.11. The zero-order chi connectivity index (χ0) is 19.4. The van der Waals surface area contributed by atoms with Gasteiger partial charge < -0.3 is 0 Å². The van der Waals surface area contributed by atoms with Crippen molar-refractivity contribution in [1.82, 2.24) is 15.6 Å². The molecule has 8 heteroatoms. The molecule has 0 aliphatic rings. The molecule has 27 heavy (non-hydrogen) atoms. The second-order valence-corrected chi connectivity index (χ2v) is 5.98. The van der Waals surface area contributed by atoms with E-state index in [-0.39, 0.29) is 11.4 Å². The monoisotopic (exact) mass is 363 g/mol. The summed E-state index contributed by atoms with van der Waals surface area (Å²) in [5.74, 6) is -0.429. The van der Waals surface area contributed by atoms with Gasteiger partial charge in [0.2, 0.25) is 0 Å². The zero-order valence-corrected chi connectivity index (χ0v) is 14.8. The molecule has 0 aliphatic carbocycles. The minimum atomic E-state index is -0.470. The summed E-state index contributed by atoms with van der Waals surface area (Å²) in [6.07, 6.45) is 0. The Morgan fingerprint density at radius 1 is 1.15 bits per heavy atom. The molecule has 0 radical (unpaired) electrons. The van der Waals surface area contributed by atoms with Crippen molar-refractivity contribution in [2.24, 2.45) is 5.10 Å². The number of H-pyrrole nitrogens is 1. The number of hydrogen-bond acceptors (Lipinski definition) is 5. The van der Waals surface area contributed by atoms with Gasteiger partial charge in [-0.1, -0.05) is 29.8 Å². The summed E-state index contributed by atoms with van der Waals surface area (Å²) in [5, 5.41) is 21.6. The fraction of sp³-hybridized carbons (Fsp3) is 0.105. The Morgan fingerprint density at radius 3 is 2.44 bits per heavy atom.